The molecule has 130 valence electrons. The molecule has 2 atom stereocenters. The molecule has 0 spiro atoms. The molecule has 1 amide bonds. The van der Waals surface area contributed by atoms with Gasteiger partial charge in [0.25, 0.3) is 5.91 Å². The Bertz CT molecular complexity index is 891. The molecule has 2 N–H and O–H groups in total. The summed E-state index contributed by atoms with van der Waals surface area (Å²) < 4.78 is 15.3. The minimum atomic E-state index is -0.622. The average molecular weight is 343 g/mol. The molecule has 0 aliphatic heterocycles. The molecule has 0 bridgehead atoms. The Balaban J connectivity index is 1.91. The van der Waals surface area contributed by atoms with Crippen LogP contribution in [0.5, 0.6) is 0 Å². The van der Waals surface area contributed by atoms with Crippen LogP contribution < -0.4 is 10.7 Å². The second kappa shape index (κ2) is 6.98. The van der Waals surface area contributed by atoms with Gasteiger partial charge in [-0.3, -0.25) is 9.59 Å². The summed E-state index contributed by atoms with van der Waals surface area (Å²) in [6.07, 6.45) is 4.17. The highest BCUT2D eigenvalue weighted by molar-refractivity contribution is 5.92. The number of aliphatic hydroxyl groups is 1. The smallest absolute Gasteiger partial charge is 0.276 e. The summed E-state index contributed by atoms with van der Waals surface area (Å²) in [5.74, 6) is -1.13. The zero-order valence-electron chi connectivity index (χ0n) is 13.6. The van der Waals surface area contributed by atoms with Crippen molar-refractivity contribution in [2.75, 3.05) is 6.61 Å². The monoisotopic (exact) mass is 343 g/mol. The third kappa shape index (κ3) is 3.51. The van der Waals surface area contributed by atoms with Crippen LogP contribution in [0.4, 0.5) is 4.39 Å². The maximum atomic E-state index is 14.0. The van der Waals surface area contributed by atoms with E-state index in [0.29, 0.717) is 12.1 Å². The molecule has 1 aromatic carbocycles. The normalized spacial score (nSPS) is 19.2. The lowest BCUT2D eigenvalue weighted by Crippen LogP contribution is -2.37. The predicted molar refractivity (Wildman–Crippen MR) is 90.1 cm³/mol. The number of aliphatic hydroxyl groups excluding tert-OH is 1. The lowest BCUT2D eigenvalue weighted by molar-refractivity contribution is 0.0933. The van der Waals surface area contributed by atoms with Crippen molar-refractivity contribution < 1.29 is 14.3 Å². The molecular formula is C18H18FN3O3. The molecule has 3 rings (SSSR count). The van der Waals surface area contributed by atoms with E-state index in [9.17, 15) is 14.0 Å². The number of carbonyl (C=O) groups excluding carboxylic acids is 1. The van der Waals surface area contributed by atoms with E-state index in [1.54, 1.807) is 25.1 Å². The number of nitrogens with zero attached hydrogens (tertiary/aromatic N) is 2. The third-order valence-electron chi connectivity index (χ3n) is 4.13. The first kappa shape index (κ1) is 17.0. The van der Waals surface area contributed by atoms with Gasteiger partial charge in [0, 0.05) is 30.3 Å². The van der Waals surface area contributed by atoms with Gasteiger partial charge in [-0.1, -0.05) is 24.3 Å². The van der Waals surface area contributed by atoms with E-state index < -0.39 is 17.2 Å². The number of halogens is 1. The average Bonchev–Trinajstić information content (AvgIpc) is 3.03. The number of hydrogen-bond donors (Lipinski definition) is 2. The molecule has 1 aliphatic carbocycles. The molecule has 6 nitrogen and oxygen atoms in total. The second-order valence-electron chi connectivity index (χ2n) is 6.01. The molecule has 0 unspecified atom stereocenters. The van der Waals surface area contributed by atoms with Gasteiger partial charge < -0.3 is 10.4 Å². The molecule has 0 saturated carbocycles. The van der Waals surface area contributed by atoms with Crippen LogP contribution in [0, 0.1) is 18.7 Å². The Morgan fingerprint density at radius 2 is 2.16 bits per heavy atom. The summed E-state index contributed by atoms with van der Waals surface area (Å²) in [6, 6.07) is 6.99. The summed E-state index contributed by atoms with van der Waals surface area (Å²) in [5, 5.41) is 15.9. The van der Waals surface area contributed by atoms with E-state index in [1.165, 1.54) is 22.9 Å². The molecule has 1 heterocycles. The molecule has 0 radical (unpaired) electrons. The van der Waals surface area contributed by atoms with Crippen molar-refractivity contribution >= 4 is 5.91 Å². The minimum Gasteiger partial charge on any atom is -0.396 e. The fourth-order valence-electron chi connectivity index (χ4n) is 2.83. The van der Waals surface area contributed by atoms with Crippen molar-refractivity contribution in [3.8, 4) is 5.69 Å². The maximum absolute atomic E-state index is 14.0. The van der Waals surface area contributed by atoms with Gasteiger partial charge in [0.1, 0.15) is 11.5 Å². The van der Waals surface area contributed by atoms with Gasteiger partial charge in [-0.25, -0.2) is 9.07 Å². The largest absolute Gasteiger partial charge is 0.396 e. The van der Waals surface area contributed by atoms with E-state index in [1.807, 2.05) is 6.08 Å². The first-order chi connectivity index (χ1) is 12.0. The standard InChI is InChI=1S/C18H18FN3O3/c1-11-8-16(24)17(18(25)20-13-7-6-12(9-13)10-23)21-22(11)15-5-3-2-4-14(15)19/h2-8,12-13,23H,9-10H2,1H3,(H,20,25)/t12-,13+/m0/s1. The van der Waals surface area contributed by atoms with E-state index in [-0.39, 0.29) is 29.9 Å². The van der Waals surface area contributed by atoms with E-state index in [0.717, 1.165) is 0 Å². The van der Waals surface area contributed by atoms with Crippen LogP contribution in [0.3, 0.4) is 0 Å². The van der Waals surface area contributed by atoms with E-state index in [4.69, 9.17) is 5.11 Å². The van der Waals surface area contributed by atoms with Crippen molar-refractivity contribution in [1.82, 2.24) is 15.1 Å². The minimum absolute atomic E-state index is 0.00570. The van der Waals surface area contributed by atoms with Gasteiger partial charge in [0.15, 0.2) is 5.69 Å². The van der Waals surface area contributed by atoms with Gasteiger partial charge in [-0.15, -0.1) is 0 Å². The summed E-state index contributed by atoms with van der Waals surface area (Å²) >= 11 is 0. The number of rotatable bonds is 4. The number of nitrogens with one attached hydrogen (secondary N) is 1. The number of amides is 1. The first-order valence-corrected chi connectivity index (χ1v) is 7.95. The SMILES string of the molecule is Cc1cc(=O)c(C(=O)N[C@@H]2C=C[C@H](CO)C2)nn1-c1ccccc1F. The number of para-hydroxylation sites is 1. The van der Waals surface area contributed by atoms with Crippen LogP contribution in [0.2, 0.25) is 0 Å². The molecule has 0 fully saturated rings. The number of hydrogen-bond acceptors (Lipinski definition) is 4. The number of carbonyl (C=O) groups is 1. The Morgan fingerprint density at radius 1 is 1.40 bits per heavy atom. The Kier molecular flexibility index (Phi) is 4.76. The van der Waals surface area contributed by atoms with Crippen LogP contribution in [0.15, 0.2) is 47.3 Å². The summed E-state index contributed by atoms with van der Waals surface area (Å²) in [4.78, 5) is 24.6. The van der Waals surface area contributed by atoms with Crippen molar-refractivity contribution in [2.45, 2.75) is 19.4 Å². The zero-order valence-corrected chi connectivity index (χ0v) is 13.6. The maximum Gasteiger partial charge on any atom is 0.276 e. The van der Waals surface area contributed by atoms with Crippen molar-refractivity contribution in [3.63, 3.8) is 0 Å². The molecule has 25 heavy (non-hydrogen) atoms. The second-order valence-corrected chi connectivity index (χ2v) is 6.01. The van der Waals surface area contributed by atoms with Gasteiger partial charge >= 0.3 is 0 Å². The number of aryl methyl sites for hydroxylation is 1. The Hall–Kier alpha value is -2.80. The van der Waals surface area contributed by atoms with E-state index in [2.05, 4.69) is 10.4 Å². The summed E-state index contributed by atoms with van der Waals surface area (Å²) in [5.41, 5.74) is -0.235. The molecular weight excluding hydrogens is 325 g/mol. The van der Waals surface area contributed by atoms with Crippen molar-refractivity contribution in [1.29, 1.82) is 0 Å². The Labute approximate surface area is 143 Å². The van der Waals surface area contributed by atoms with Gasteiger partial charge in [-0.05, 0) is 25.5 Å². The fraction of sp³-hybridized carbons (Fsp3) is 0.278. The fourth-order valence-corrected chi connectivity index (χ4v) is 2.83. The first-order valence-electron chi connectivity index (χ1n) is 7.95. The summed E-state index contributed by atoms with van der Waals surface area (Å²) in [6.45, 7) is 1.62. The molecule has 0 saturated heterocycles. The van der Waals surface area contributed by atoms with Crippen LogP contribution >= 0.6 is 0 Å². The van der Waals surface area contributed by atoms with Gasteiger partial charge in [0.05, 0.1) is 0 Å². The highest BCUT2D eigenvalue weighted by Crippen LogP contribution is 2.17. The van der Waals surface area contributed by atoms with Gasteiger partial charge in [0.2, 0.25) is 5.43 Å². The number of aromatic nitrogens is 2. The topological polar surface area (TPSA) is 84.2 Å². The molecule has 2 aromatic rings. The van der Waals surface area contributed by atoms with Gasteiger partial charge in [-0.2, -0.15) is 5.10 Å². The zero-order chi connectivity index (χ0) is 18.0. The van der Waals surface area contributed by atoms with Crippen LogP contribution in [-0.2, 0) is 0 Å². The van der Waals surface area contributed by atoms with Crippen LogP contribution in [0.25, 0.3) is 5.69 Å². The lowest BCUT2D eigenvalue weighted by atomic mass is 10.1. The highest BCUT2D eigenvalue weighted by atomic mass is 19.1. The van der Waals surface area contributed by atoms with Crippen molar-refractivity contribution in [2.24, 2.45) is 5.92 Å². The van der Waals surface area contributed by atoms with Crippen molar-refractivity contribution in [3.05, 3.63) is 69.9 Å². The lowest BCUT2D eigenvalue weighted by Gasteiger charge is -2.14. The van der Waals surface area contributed by atoms with E-state index >= 15 is 0 Å². The highest BCUT2D eigenvalue weighted by Gasteiger charge is 2.23. The summed E-state index contributed by atoms with van der Waals surface area (Å²) in [7, 11) is 0. The number of benzene rings is 1. The molecule has 1 aromatic heterocycles. The van der Waals surface area contributed by atoms with Crippen LogP contribution in [0.1, 0.15) is 22.6 Å². The molecule has 7 heteroatoms. The van der Waals surface area contributed by atoms with Crippen LogP contribution in [-0.4, -0.2) is 33.4 Å². The third-order valence-corrected chi connectivity index (χ3v) is 4.13. The molecule has 1 aliphatic rings. The predicted octanol–water partition coefficient (Wildman–Crippen LogP) is 1.35. The quantitative estimate of drug-likeness (QED) is 0.821. The Morgan fingerprint density at radius 3 is 2.84 bits per heavy atom.